The van der Waals surface area contributed by atoms with E-state index in [2.05, 4.69) is 20.9 Å². The van der Waals surface area contributed by atoms with Gasteiger partial charge in [-0.15, -0.1) is 10.2 Å². The van der Waals surface area contributed by atoms with E-state index in [1.54, 1.807) is 13.0 Å². The van der Waals surface area contributed by atoms with Crippen LogP contribution in [0, 0.1) is 17.0 Å². The molecule has 1 aromatic heterocycles. The number of rotatable bonds is 5. The number of thioether (sulfide) groups is 1. The lowest BCUT2D eigenvalue weighted by molar-refractivity contribution is -0.384. The first-order valence-electron chi connectivity index (χ1n) is 8.60. The van der Waals surface area contributed by atoms with Gasteiger partial charge in [0.15, 0.2) is 5.11 Å². The average molecular weight is 438 g/mol. The molecule has 13 heteroatoms. The fourth-order valence-corrected chi connectivity index (χ4v) is 3.46. The van der Waals surface area contributed by atoms with Crippen LogP contribution in [-0.4, -0.2) is 63.4 Å². The Bertz CT molecular complexity index is 943. The first-order chi connectivity index (χ1) is 13.9. The monoisotopic (exact) mass is 437 g/mol. The number of hydrogen-bond donors (Lipinski definition) is 2. The van der Waals surface area contributed by atoms with Gasteiger partial charge in [0.25, 0.3) is 11.6 Å². The number of carbonyl (C=O) groups is 1. The van der Waals surface area contributed by atoms with Crippen molar-refractivity contribution in [1.82, 2.24) is 20.2 Å². The Morgan fingerprint density at radius 2 is 2.07 bits per heavy atom. The van der Waals surface area contributed by atoms with Crippen LogP contribution in [0.25, 0.3) is 0 Å². The SMILES string of the molecule is CSc1nnc(C)n1NC(=S)NC(=O)c1ccc(N2CCOCC2)c([N+](=O)[O-])c1. The Morgan fingerprint density at radius 1 is 1.34 bits per heavy atom. The molecule has 29 heavy (non-hydrogen) atoms. The van der Waals surface area contributed by atoms with Crippen LogP contribution in [0.15, 0.2) is 23.4 Å². The molecular weight excluding hydrogens is 418 g/mol. The van der Waals surface area contributed by atoms with Gasteiger partial charge in [-0.25, -0.2) is 4.68 Å². The van der Waals surface area contributed by atoms with E-state index in [1.807, 2.05) is 11.2 Å². The minimum atomic E-state index is -0.560. The first-order valence-corrected chi connectivity index (χ1v) is 10.2. The van der Waals surface area contributed by atoms with E-state index in [0.717, 1.165) is 0 Å². The Balaban J connectivity index is 1.74. The third-order valence-corrected chi connectivity index (χ3v) is 5.03. The molecule has 0 saturated carbocycles. The van der Waals surface area contributed by atoms with Crippen LogP contribution in [0.5, 0.6) is 0 Å². The highest BCUT2D eigenvalue weighted by Crippen LogP contribution is 2.29. The number of aryl methyl sites for hydroxylation is 1. The lowest BCUT2D eigenvalue weighted by Gasteiger charge is -2.28. The second kappa shape index (κ2) is 9.15. The third-order valence-electron chi connectivity index (χ3n) is 4.20. The number of nitro benzene ring substituents is 1. The van der Waals surface area contributed by atoms with Crippen LogP contribution < -0.4 is 15.6 Å². The maximum Gasteiger partial charge on any atom is 0.293 e. The van der Waals surface area contributed by atoms with Crippen molar-refractivity contribution in [1.29, 1.82) is 0 Å². The molecule has 1 aliphatic heterocycles. The van der Waals surface area contributed by atoms with Gasteiger partial charge in [-0.1, -0.05) is 11.8 Å². The van der Waals surface area contributed by atoms with E-state index in [0.29, 0.717) is 43.0 Å². The molecule has 1 aliphatic rings. The molecule has 1 aromatic carbocycles. The molecule has 0 spiro atoms. The van der Waals surface area contributed by atoms with E-state index >= 15 is 0 Å². The van der Waals surface area contributed by atoms with Crippen molar-refractivity contribution in [3.63, 3.8) is 0 Å². The molecule has 2 heterocycles. The van der Waals surface area contributed by atoms with E-state index in [1.165, 1.54) is 28.6 Å². The molecule has 11 nitrogen and oxygen atoms in total. The number of carbonyl (C=O) groups excluding carboxylic acids is 1. The molecule has 154 valence electrons. The van der Waals surface area contributed by atoms with Gasteiger partial charge in [-0.3, -0.25) is 25.7 Å². The van der Waals surface area contributed by atoms with Gasteiger partial charge in [0.1, 0.15) is 11.5 Å². The highest BCUT2D eigenvalue weighted by atomic mass is 32.2. The Labute approximate surface area is 175 Å². The van der Waals surface area contributed by atoms with Crippen LogP contribution in [0.4, 0.5) is 11.4 Å². The summed E-state index contributed by atoms with van der Waals surface area (Å²) in [6, 6.07) is 4.36. The number of nitrogens with zero attached hydrogens (tertiary/aromatic N) is 5. The summed E-state index contributed by atoms with van der Waals surface area (Å²) in [5.74, 6) is 0.00649. The molecule has 0 radical (unpaired) electrons. The quantitative estimate of drug-likeness (QED) is 0.306. The summed E-state index contributed by atoms with van der Waals surface area (Å²) in [5.41, 5.74) is 3.27. The van der Waals surface area contributed by atoms with Gasteiger partial charge in [0.2, 0.25) is 5.16 Å². The van der Waals surface area contributed by atoms with Crippen LogP contribution >= 0.6 is 24.0 Å². The highest BCUT2D eigenvalue weighted by Gasteiger charge is 2.23. The van der Waals surface area contributed by atoms with E-state index in [4.69, 9.17) is 17.0 Å². The number of ether oxygens (including phenoxy) is 1. The number of anilines is 1. The molecule has 1 saturated heterocycles. The van der Waals surface area contributed by atoms with E-state index in [-0.39, 0.29) is 16.4 Å². The minimum Gasteiger partial charge on any atom is -0.378 e. The van der Waals surface area contributed by atoms with Gasteiger partial charge >= 0.3 is 0 Å². The molecular formula is C16H19N7O4S2. The number of amides is 1. The van der Waals surface area contributed by atoms with Gasteiger partial charge in [-0.05, 0) is 37.5 Å². The summed E-state index contributed by atoms with van der Waals surface area (Å²) in [5, 5.41) is 22.5. The molecule has 2 N–H and O–H groups in total. The molecule has 0 bridgehead atoms. The van der Waals surface area contributed by atoms with Crippen molar-refractivity contribution >= 4 is 46.4 Å². The number of nitrogens with one attached hydrogen (secondary N) is 2. The zero-order valence-corrected chi connectivity index (χ0v) is 17.4. The summed E-state index contributed by atoms with van der Waals surface area (Å²) in [6.07, 6.45) is 1.83. The van der Waals surface area contributed by atoms with Gasteiger partial charge in [-0.2, -0.15) is 0 Å². The Hall–Kier alpha value is -2.77. The van der Waals surface area contributed by atoms with Crippen LogP contribution in [0.2, 0.25) is 0 Å². The van der Waals surface area contributed by atoms with Crippen molar-refractivity contribution in [2.45, 2.75) is 12.1 Å². The lowest BCUT2D eigenvalue weighted by atomic mass is 10.1. The van der Waals surface area contributed by atoms with Crippen LogP contribution in [-0.2, 0) is 4.74 Å². The number of benzene rings is 1. The molecule has 0 unspecified atom stereocenters. The summed E-state index contributed by atoms with van der Waals surface area (Å²) in [6.45, 7) is 3.84. The Kier molecular flexibility index (Phi) is 6.61. The molecule has 1 amide bonds. The fraction of sp³-hybridized carbons (Fsp3) is 0.375. The third kappa shape index (κ3) is 4.81. The van der Waals surface area contributed by atoms with E-state index < -0.39 is 10.8 Å². The number of hydrogen-bond acceptors (Lipinski definition) is 9. The normalized spacial score (nSPS) is 13.8. The molecule has 0 aliphatic carbocycles. The average Bonchev–Trinajstić information content (AvgIpc) is 3.07. The van der Waals surface area contributed by atoms with Gasteiger partial charge in [0.05, 0.1) is 18.1 Å². The van der Waals surface area contributed by atoms with Crippen molar-refractivity contribution in [2.75, 3.05) is 42.9 Å². The predicted octanol–water partition coefficient (Wildman–Crippen LogP) is 1.31. The largest absolute Gasteiger partial charge is 0.378 e. The second-order valence-corrected chi connectivity index (χ2v) is 7.21. The van der Waals surface area contributed by atoms with Crippen LogP contribution in [0.3, 0.4) is 0 Å². The van der Waals surface area contributed by atoms with Gasteiger partial charge < -0.3 is 9.64 Å². The molecule has 2 aromatic rings. The smallest absolute Gasteiger partial charge is 0.293 e. The van der Waals surface area contributed by atoms with E-state index in [9.17, 15) is 14.9 Å². The van der Waals surface area contributed by atoms with Crippen molar-refractivity contribution in [2.24, 2.45) is 0 Å². The fourth-order valence-electron chi connectivity index (χ4n) is 2.79. The highest BCUT2D eigenvalue weighted by molar-refractivity contribution is 7.98. The summed E-state index contributed by atoms with van der Waals surface area (Å²) in [4.78, 5) is 25.5. The van der Waals surface area contributed by atoms with Crippen molar-refractivity contribution in [3.8, 4) is 0 Å². The zero-order valence-electron chi connectivity index (χ0n) is 15.7. The van der Waals surface area contributed by atoms with Crippen LogP contribution in [0.1, 0.15) is 16.2 Å². The number of thiocarbonyl (C=S) groups is 1. The lowest BCUT2D eigenvalue weighted by Crippen LogP contribution is -2.39. The maximum atomic E-state index is 12.5. The number of nitro groups is 1. The maximum absolute atomic E-state index is 12.5. The number of morpholine rings is 1. The molecule has 3 rings (SSSR count). The molecule has 1 fully saturated rings. The van der Waals surface area contributed by atoms with Crippen molar-refractivity contribution < 1.29 is 14.5 Å². The summed E-state index contributed by atoms with van der Waals surface area (Å²) < 4.78 is 6.82. The topological polar surface area (TPSA) is 127 Å². The summed E-state index contributed by atoms with van der Waals surface area (Å²) >= 11 is 6.53. The second-order valence-electron chi connectivity index (χ2n) is 6.02. The Morgan fingerprint density at radius 3 is 2.72 bits per heavy atom. The zero-order chi connectivity index (χ0) is 21.0. The minimum absolute atomic E-state index is 0.0214. The predicted molar refractivity (Wildman–Crippen MR) is 112 cm³/mol. The molecule has 0 atom stereocenters. The standard InChI is InChI=1S/C16H19N7O4S2/c1-10-18-19-16(29-2)22(10)20-15(28)17-14(24)11-3-4-12(13(9-11)23(25)26)21-5-7-27-8-6-21/h3-4,9H,5-8H2,1-2H3,(H2,17,20,24,28). The first kappa shape index (κ1) is 21.0. The number of aromatic nitrogens is 3. The van der Waals surface area contributed by atoms with Crippen molar-refractivity contribution in [3.05, 3.63) is 39.7 Å². The summed E-state index contributed by atoms with van der Waals surface area (Å²) in [7, 11) is 0. The van der Waals surface area contributed by atoms with Gasteiger partial charge in [0, 0.05) is 24.7 Å².